The molecule has 0 aliphatic rings. The van der Waals surface area contributed by atoms with Gasteiger partial charge in [0.1, 0.15) is 15.6 Å². The second-order valence-corrected chi connectivity index (χ2v) is 7.07. The van der Waals surface area contributed by atoms with Crippen LogP contribution in [0.3, 0.4) is 0 Å². The average molecular weight is 306 g/mol. The predicted molar refractivity (Wildman–Crippen MR) is 78.7 cm³/mol. The van der Waals surface area contributed by atoms with Crippen LogP contribution < -0.4 is 10.1 Å². The zero-order valence-corrected chi connectivity index (χ0v) is 12.9. The Morgan fingerprint density at radius 3 is 2.74 bits per heavy atom. The minimum Gasteiger partial charge on any atom is -0.496 e. The number of methoxy groups -OCH3 is 1. The van der Waals surface area contributed by atoms with Gasteiger partial charge in [-0.25, -0.2) is 8.42 Å². The smallest absolute Gasteiger partial charge is 0.150 e. The van der Waals surface area contributed by atoms with Gasteiger partial charge in [-0.15, -0.1) is 0 Å². The predicted octanol–water partition coefficient (Wildman–Crippen LogP) is 2.26. The number of nitrogens with one attached hydrogen (secondary N) is 1. The highest BCUT2D eigenvalue weighted by atomic mass is 35.5. The summed E-state index contributed by atoms with van der Waals surface area (Å²) in [5, 5.41) is 3.83. The van der Waals surface area contributed by atoms with Crippen LogP contribution in [0, 0.1) is 0 Å². The Morgan fingerprint density at radius 2 is 2.11 bits per heavy atom. The highest BCUT2D eigenvalue weighted by Gasteiger charge is 2.08. The summed E-state index contributed by atoms with van der Waals surface area (Å²) in [5.41, 5.74) is 0.894. The number of benzene rings is 1. The van der Waals surface area contributed by atoms with Gasteiger partial charge in [-0.2, -0.15) is 0 Å². The molecule has 0 aliphatic heterocycles. The molecule has 0 atom stereocenters. The summed E-state index contributed by atoms with van der Waals surface area (Å²) < 4.78 is 27.9. The monoisotopic (exact) mass is 305 g/mol. The summed E-state index contributed by atoms with van der Waals surface area (Å²) in [6, 6.07) is 5.49. The Hall–Kier alpha value is -0.780. The molecular weight excluding hydrogens is 286 g/mol. The number of hydrogen-bond acceptors (Lipinski definition) is 4. The molecule has 0 unspecified atom stereocenters. The van der Waals surface area contributed by atoms with E-state index in [1.165, 1.54) is 0 Å². The molecule has 0 saturated carbocycles. The minimum absolute atomic E-state index is 0.200. The lowest BCUT2D eigenvalue weighted by atomic mass is 10.2. The molecule has 0 amide bonds. The van der Waals surface area contributed by atoms with Crippen LogP contribution in [0.15, 0.2) is 18.2 Å². The Kier molecular flexibility index (Phi) is 6.62. The third-order valence-electron chi connectivity index (χ3n) is 2.85. The van der Waals surface area contributed by atoms with Crippen LogP contribution >= 0.6 is 11.6 Å². The van der Waals surface area contributed by atoms with Crippen LogP contribution in [0.2, 0.25) is 5.02 Å². The molecule has 0 fully saturated rings. The maximum absolute atomic E-state index is 11.3. The zero-order valence-electron chi connectivity index (χ0n) is 11.3. The first kappa shape index (κ1) is 16.3. The molecule has 0 radical (unpaired) electrons. The third-order valence-corrected chi connectivity index (χ3v) is 4.99. The fraction of sp³-hybridized carbons (Fsp3) is 0.538. The third kappa shape index (κ3) is 5.38. The van der Waals surface area contributed by atoms with Crippen LogP contribution in [0.4, 0.5) is 0 Å². The quantitative estimate of drug-likeness (QED) is 0.749. The van der Waals surface area contributed by atoms with Gasteiger partial charge < -0.3 is 10.1 Å². The van der Waals surface area contributed by atoms with Crippen LogP contribution in [0.25, 0.3) is 0 Å². The first-order valence-corrected chi connectivity index (χ1v) is 8.42. The van der Waals surface area contributed by atoms with Crippen LogP contribution in [0.1, 0.15) is 18.9 Å². The lowest BCUT2D eigenvalue weighted by molar-refractivity contribution is 0.408. The van der Waals surface area contributed by atoms with Crippen molar-refractivity contribution >= 4 is 21.4 Å². The van der Waals surface area contributed by atoms with Crippen molar-refractivity contribution in [2.75, 3.05) is 25.2 Å². The van der Waals surface area contributed by atoms with E-state index >= 15 is 0 Å². The SMILES string of the molecule is CCS(=O)(=O)CCCNCc1c(Cl)cccc1OC. The summed E-state index contributed by atoms with van der Waals surface area (Å²) in [4.78, 5) is 0. The Balaban J connectivity index is 2.42. The Morgan fingerprint density at radius 1 is 1.37 bits per heavy atom. The van der Waals surface area contributed by atoms with Gasteiger partial charge in [-0.05, 0) is 25.1 Å². The number of rotatable bonds is 8. The molecule has 6 heteroatoms. The van der Waals surface area contributed by atoms with E-state index in [1.54, 1.807) is 14.0 Å². The summed E-state index contributed by atoms with van der Waals surface area (Å²) >= 11 is 6.10. The van der Waals surface area contributed by atoms with E-state index in [-0.39, 0.29) is 11.5 Å². The standard InChI is InChI=1S/C13H20ClNO3S/c1-3-19(16,17)9-5-8-15-10-11-12(14)6-4-7-13(11)18-2/h4,6-7,15H,3,5,8-10H2,1-2H3. The molecule has 1 rings (SSSR count). The second kappa shape index (κ2) is 7.72. The van der Waals surface area contributed by atoms with Crippen molar-refractivity contribution in [2.45, 2.75) is 19.9 Å². The lowest BCUT2D eigenvalue weighted by Crippen LogP contribution is -2.19. The summed E-state index contributed by atoms with van der Waals surface area (Å²) in [6.07, 6.45) is 0.600. The molecule has 1 aromatic rings. The first-order chi connectivity index (χ1) is 9.00. The normalized spacial score (nSPS) is 11.5. The van der Waals surface area contributed by atoms with Gasteiger partial charge >= 0.3 is 0 Å². The zero-order chi connectivity index (χ0) is 14.3. The van der Waals surface area contributed by atoms with E-state index in [2.05, 4.69) is 5.32 Å². The second-order valence-electron chi connectivity index (χ2n) is 4.19. The van der Waals surface area contributed by atoms with E-state index in [0.717, 1.165) is 11.3 Å². The van der Waals surface area contributed by atoms with E-state index in [4.69, 9.17) is 16.3 Å². The van der Waals surface area contributed by atoms with Gasteiger partial charge in [0.15, 0.2) is 0 Å². The highest BCUT2D eigenvalue weighted by Crippen LogP contribution is 2.25. The molecule has 0 aliphatic carbocycles. The van der Waals surface area contributed by atoms with Crippen molar-refractivity contribution < 1.29 is 13.2 Å². The number of sulfone groups is 1. The van der Waals surface area contributed by atoms with E-state index in [9.17, 15) is 8.42 Å². The van der Waals surface area contributed by atoms with E-state index in [1.807, 2.05) is 18.2 Å². The molecule has 0 spiro atoms. The molecule has 0 saturated heterocycles. The van der Waals surface area contributed by atoms with Crippen LogP contribution in [-0.2, 0) is 16.4 Å². The average Bonchev–Trinajstić information content (AvgIpc) is 2.39. The molecular formula is C13H20ClNO3S. The van der Waals surface area contributed by atoms with Crippen molar-refractivity contribution in [1.82, 2.24) is 5.32 Å². The molecule has 4 nitrogen and oxygen atoms in total. The molecule has 0 heterocycles. The molecule has 0 aromatic heterocycles. The van der Waals surface area contributed by atoms with Crippen LogP contribution in [-0.4, -0.2) is 33.6 Å². The molecule has 19 heavy (non-hydrogen) atoms. The topological polar surface area (TPSA) is 55.4 Å². The molecule has 1 N–H and O–H groups in total. The fourth-order valence-corrected chi connectivity index (χ4v) is 2.78. The van der Waals surface area contributed by atoms with Crippen molar-refractivity contribution in [2.24, 2.45) is 0 Å². The van der Waals surface area contributed by atoms with Crippen molar-refractivity contribution in [1.29, 1.82) is 0 Å². The summed E-state index contributed by atoms with van der Waals surface area (Å²) in [5.74, 6) is 1.16. The van der Waals surface area contributed by atoms with Crippen molar-refractivity contribution in [3.63, 3.8) is 0 Å². The maximum Gasteiger partial charge on any atom is 0.150 e. The lowest BCUT2D eigenvalue weighted by Gasteiger charge is -2.11. The van der Waals surface area contributed by atoms with Crippen molar-refractivity contribution in [3.05, 3.63) is 28.8 Å². The maximum atomic E-state index is 11.3. The Bertz CT molecular complexity index is 503. The van der Waals surface area contributed by atoms with Gasteiger partial charge in [-0.1, -0.05) is 24.6 Å². The van der Waals surface area contributed by atoms with Gasteiger partial charge in [0, 0.05) is 22.9 Å². The molecule has 1 aromatic carbocycles. The van der Waals surface area contributed by atoms with E-state index < -0.39 is 9.84 Å². The van der Waals surface area contributed by atoms with Gasteiger partial charge in [0.2, 0.25) is 0 Å². The number of hydrogen-bond donors (Lipinski definition) is 1. The Labute approximate surface area is 120 Å². The first-order valence-electron chi connectivity index (χ1n) is 6.22. The largest absolute Gasteiger partial charge is 0.496 e. The summed E-state index contributed by atoms with van der Waals surface area (Å²) in [6.45, 7) is 2.86. The van der Waals surface area contributed by atoms with Gasteiger partial charge in [0.25, 0.3) is 0 Å². The van der Waals surface area contributed by atoms with Crippen molar-refractivity contribution in [3.8, 4) is 5.75 Å². The van der Waals surface area contributed by atoms with Crippen LogP contribution in [0.5, 0.6) is 5.75 Å². The van der Waals surface area contributed by atoms with Gasteiger partial charge in [0.05, 0.1) is 12.9 Å². The minimum atomic E-state index is -2.88. The number of halogens is 1. The van der Waals surface area contributed by atoms with Gasteiger partial charge in [-0.3, -0.25) is 0 Å². The fourth-order valence-electron chi connectivity index (χ4n) is 1.68. The highest BCUT2D eigenvalue weighted by molar-refractivity contribution is 7.91. The molecule has 108 valence electrons. The summed E-state index contributed by atoms with van der Waals surface area (Å²) in [7, 11) is -1.28. The molecule has 0 bridgehead atoms. The van der Waals surface area contributed by atoms with E-state index in [0.29, 0.717) is 24.5 Å². The number of ether oxygens (including phenoxy) is 1.